The number of fused-ring (bicyclic) bond motifs is 5. The number of hydrogen-bond acceptors (Lipinski definition) is 1. The first-order valence-corrected chi connectivity index (χ1v) is 7.88. The standard InChI is InChI=1S/C18H12IN/c19-17-13-7-2-1-6-12(13)15-10-5-11-20-18(15)16-9-4-3-8-14(16)17/h1-11,17H. The largest absolute Gasteiger partial charge is 0.256 e. The zero-order valence-electron chi connectivity index (χ0n) is 10.8. The molecule has 1 heterocycles. The topological polar surface area (TPSA) is 12.9 Å². The summed E-state index contributed by atoms with van der Waals surface area (Å²) in [5.41, 5.74) is 7.58. The van der Waals surface area contributed by atoms with E-state index in [1.165, 1.54) is 27.8 Å². The van der Waals surface area contributed by atoms with Crippen LogP contribution in [0.25, 0.3) is 22.4 Å². The number of aromatic nitrogens is 1. The second-order valence-electron chi connectivity index (χ2n) is 4.94. The maximum Gasteiger partial charge on any atom is 0.0783 e. The number of nitrogens with zero attached hydrogens (tertiary/aromatic N) is 1. The Morgan fingerprint density at radius 3 is 2.10 bits per heavy atom. The Bertz CT molecular complexity index is 728. The van der Waals surface area contributed by atoms with Crippen molar-refractivity contribution in [3.05, 3.63) is 78.0 Å². The zero-order chi connectivity index (χ0) is 13.5. The van der Waals surface area contributed by atoms with Crippen molar-refractivity contribution in [3.63, 3.8) is 0 Å². The molecule has 1 aliphatic carbocycles. The summed E-state index contributed by atoms with van der Waals surface area (Å²) in [5.74, 6) is 0. The first-order chi connectivity index (χ1) is 9.86. The second kappa shape index (κ2) is 4.70. The molecule has 1 aromatic heterocycles. The van der Waals surface area contributed by atoms with Crippen molar-refractivity contribution in [2.75, 3.05) is 0 Å². The van der Waals surface area contributed by atoms with Crippen LogP contribution in [0.4, 0.5) is 0 Å². The molecule has 1 unspecified atom stereocenters. The van der Waals surface area contributed by atoms with Gasteiger partial charge in [0.05, 0.1) is 9.62 Å². The maximum atomic E-state index is 4.65. The number of hydrogen-bond donors (Lipinski definition) is 0. The van der Waals surface area contributed by atoms with Crippen molar-refractivity contribution in [1.29, 1.82) is 0 Å². The highest BCUT2D eigenvalue weighted by molar-refractivity contribution is 14.1. The molecule has 0 bridgehead atoms. The van der Waals surface area contributed by atoms with E-state index in [2.05, 4.69) is 82.2 Å². The van der Waals surface area contributed by atoms with E-state index in [9.17, 15) is 0 Å². The highest BCUT2D eigenvalue weighted by Gasteiger charge is 2.25. The number of benzene rings is 2. The quantitative estimate of drug-likeness (QED) is 0.390. The lowest BCUT2D eigenvalue weighted by Crippen LogP contribution is -1.93. The Hall–Kier alpha value is -1.68. The van der Waals surface area contributed by atoms with Crippen LogP contribution in [0, 0.1) is 0 Å². The van der Waals surface area contributed by atoms with Gasteiger partial charge in [-0.1, -0.05) is 77.2 Å². The van der Waals surface area contributed by atoms with Gasteiger partial charge in [-0.25, -0.2) is 0 Å². The lowest BCUT2D eigenvalue weighted by atomic mass is 9.98. The molecule has 0 fully saturated rings. The van der Waals surface area contributed by atoms with Gasteiger partial charge >= 0.3 is 0 Å². The summed E-state index contributed by atoms with van der Waals surface area (Å²) < 4.78 is 0.356. The van der Waals surface area contributed by atoms with Crippen LogP contribution in [0.1, 0.15) is 15.1 Å². The van der Waals surface area contributed by atoms with E-state index >= 15 is 0 Å². The molecule has 0 N–H and O–H groups in total. The van der Waals surface area contributed by atoms with Crippen molar-refractivity contribution in [3.8, 4) is 22.4 Å². The van der Waals surface area contributed by atoms with E-state index in [1.54, 1.807) is 0 Å². The van der Waals surface area contributed by atoms with E-state index < -0.39 is 0 Å². The van der Waals surface area contributed by atoms with Crippen LogP contribution in [-0.4, -0.2) is 4.98 Å². The molecular formula is C18H12IN. The number of rotatable bonds is 0. The zero-order valence-corrected chi connectivity index (χ0v) is 12.9. The summed E-state index contributed by atoms with van der Waals surface area (Å²) in [6, 6.07) is 21.4. The van der Waals surface area contributed by atoms with Gasteiger partial charge in [-0.2, -0.15) is 0 Å². The molecule has 0 spiro atoms. The third-order valence-corrected chi connectivity index (χ3v) is 5.16. The smallest absolute Gasteiger partial charge is 0.0783 e. The fraction of sp³-hybridized carbons (Fsp3) is 0.0556. The van der Waals surface area contributed by atoms with E-state index in [1.807, 2.05) is 12.3 Å². The lowest BCUT2D eigenvalue weighted by molar-refractivity contribution is 1.21. The van der Waals surface area contributed by atoms with Gasteiger partial charge in [0.25, 0.3) is 0 Å². The van der Waals surface area contributed by atoms with Crippen molar-refractivity contribution in [2.24, 2.45) is 0 Å². The summed E-state index contributed by atoms with van der Waals surface area (Å²) in [4.78, 5) is 4.65. The molecule has 1 atom stereocenters. The Labute approximate surface area is 131 Å². The Kier molecular flexibility index (Phi) is 2.84. The normalized spacial score (nSPS) is 15.8. The molecule has 1 aliphatic rings. The van der Waals surface area contributed by atoms with Crippen LogP contribution in [0.3, 0.4) is 0 Å². The van der Waals surface area contributed by atoms with Crippen LogP contribution in [-0.2, 0) is 0 Å². The minimum absolute atomic E-state index is 0.356. The second-order valence-corrected chi connectivity index (χ2v) is 6.18. The first-order valence-electron chi connectivity index (χ1n) is 6.64. The summed E-state index contributed by atoms with van der Waals surface area (Å²) >= 11 is 2.53. The maximum absolute atomic E-state index is 4.65. The molecule has 4 rings (SSSR count). The fourth-order valence-electron chi connectivity index (χ4n) is 2.90. The fourth-order valence-corrected chi connectivity index (χ4v) is 3.99. The third-order valence-electron chi connectivity index (χ3n) is 3.82. The predicted octanol–water partition coefficient (Wildman–Crippen LogP) is 5.25. The van der Waals surface area contributed by atoms with Crippen molar-refractivity contribution in [1.82, 2.24) is 4.98 Å². The third kappa shape index (κ3) is 1.71. The molecule has 2 heteroatoms. The van der Waals surface area contributed by atoms with Gasteiger partial charge in [0.1, 0.15) is 0 Å². The lowest BCUT2D eigenvalue weighted by Gasteiger charge is -2.13. The summed E-state index contributed by atoms with van der Waals surface area (Å²) in [6.07, 6.45) is 1.88. The van der Waals surface area contributed by atoms with Gasteiger partial charge < -0.3 is 0 Å². The molecule has 3 aromatic rings. The summed E-state index contributed by atoms with van der Waals surface area (Å²) in [7, 11) is 0. The van der Waals surface area contributed by atoms with Crippen molar-refractivity contribution < 1.29 is 0 Å². The van der Waals surface area contributed by atoms with Gasteiger partial charge in [0, 0.05) is 17.3 Å². The summed E-state index contributed by atoms with van der Waals surface area (Å²) in [5, 5.41) is 0. The number of halogens is 1. The van der Waals surface area contributed by atoms with Crippen molar-refractivity contribution in [2.45, 2.75) is 3.92 Å². The minimum atomic E-state index is 0.356. The Morgan fingerprint density at radius 2 is 1.30 bits per heavy atom. The van der Waals surface area contributed by atoms with Crippen LogP contribution < -0.4 is 0 Å². The van der Waals surface area contributed by atoms with Gasteiger partial charge in [-0.05, 0) is 22.8 Å². The molecule has 0 amide bonds. The summed E-state index contributed by atoms with van der Waals surface area (Å²) in [6.45, 7) is 0. The molecule has 96 valence electrons. The first kappa shape index (κ1) is 12.1. The predicted molar refractivity (Wildman–Crippen MR) is 91.0 cm³/mol. The van der Waals surface area contributed by atoms with Crippen LogP contribution in [0.15, 0.2) is 66.9 Å². The van der Waals surface area contributed by atoms with Crippen molar-refractivity contribution >= 4 is 22.6 Å². The molecule has 20 heavy (non-hydrogen) atoms. The SMILES string of the molecule is IC1c2ccccc2-c2cccnc2-c2ccccc21. The van der Waals surface area contributed by atoms with Gasteiger partial charge in [0.15, 0.2) is 0 Å². The molecule has 0 aliphatic heterocycles. The Morgan fingerprint density at radius 1 is 0.700 bits per heavy atom. The van der Waals surface area contributed by atoms with Crippen LogP contribution >= 0.6 is 22.6 Å². The number of alkyl halides is 1. The van der Waals surface area contributed by atoms with Crippen LogP contribution in [0.2, 0.25) is 0 Å². The van der Waals surface area contributed by atoms with E-state index in [0.717, 1.165) is 5.69 Å². The molecule has 1 nitrogen and oxygen atoms in total. The number of pyridine rings is 1. The average molecular weight is 369 g/mol. The molecule has 0 radical (unpaired) electrons. The van der Waals surface area contributed by atoms with E-state index in [-0.39, 0.29) is 0 Å². The van der Waals surface area contributed by atoms with E-state index in [4.69, 9.17) is 0 Å². The molecule has 0 saturated carbocycles. The van der Waals surface area contributed by atoms with Crippen LogP contribution in [0.5, 0.6) is 0 Å². The molecule has 2 aromatic carbocycles. The van der Waals surface area contributed by atoms with Gasteiger partial charge in [-0.15, -0.1) is 0 Å². The highest BCUT2D eigenvalue weighted by Crippen LogP contribution is 2.46. The minimum Gasteiger partial charge on any atom is -0.256 e. The van der Waals surface area contributed by atoms with Gasteiger partial charge in [-0.3, -0.25) is 4.98 Å². The molecular weight excluding hydrogens is 357 g/mol. The van der Waals surface area contributed by atoms with E-state index in [0.29, 0.717) is 3.92 Å². The average Bonchev–Trinajstić information content (AvgIpc) is 2.64. The highest BCUT2D eigenvalue weighted by atomic mass is 127. The monoisotopic (exact) mass is 369 g/mol. The van der Waals surface area contributed by atoms with Gasteiger partial charge in [0.2, 0.25) is 0 Å². The Balaban J connectivity index is 2.17. The molecule has 0 saturated heterocycles.